The van der Waals surface area contributed by atoms with Crippen LogP contribution in [0.2, 0.25) is 0 Å². The third-order valence-electron chi connectivity index (χ3n) is 3.42. The fraction of sp³-hybridized carbons (Fsp3) is 0.500. The predicted octanol–water partition coefficient (Wildman–Crippen LogP) is 1.32. The number of nitriles is 1. The van der Waals surface area contributed by atoms with Gasteiger partial charge in [0.05, 0.1) is 16.5 Å². The monoisotopic (exact) mass is 293 g/mol. The maximum absolute atomic E-state index is 12.1. The lowest BCUT2D eigenvalue weighted by molar-refractivity contribution is 0.334. The van der Waals surface area contributed by atoms with Gasteiger partial charge in [-0.15, -0.1) is 0 Å². The highest BCUT2D eigenvalue weighted by Gasteiger charge is 2.15. The Morgan fingerprint density at radius 2 is 2.05 bits per heavy atom. The molecule has 20 heavy (non-hydrogen) atoms. The van der Waals surface area contributed by atoms with E-state index in [2.05, 4.69) is 9.62 Å². The fourth-order valence-electron chi connectivity index (χ4n) is 2.33. The molecule has 0 saturated carbocycles. The lowest BCUT2D eigenvalue weighted by atomic mass is 10.2. The van der Waals surface area contributed by atoms with Crippen molar-refractivity contribution < 1.29 is 8.42 Å². The van der Waals surface area contributed by atoms with Crippen LogP contribution in [0.1, 0.15) is 24.8 Å². The number of hydrogen-bond acceptors (Lipinski definition) is 4. The predicted molar refractivity (Wildman–Crippen MR) is 76.6 cm³/mol. The van der Waals surface area contributed by atoms with E-state index in [1.807, 2.05) is 6.07 Å². The molecule has 1 aliphatic heterocycles. The number of rotatable bonds is 6. The fourth-order valence-corrected chi connectivity index (χ4v) is 3.45. The summed E-state index contributed by atoms with van der Waals surface area (Å²) in [5, 5.41) is 8.79. The zero-order chi connectivity index (χ0) is 14.4. The van der Waals surface area contributed by atoms with Crippen LogP contribution in [0.15, 0.2) is 29.2 Å². The topological polar surface area (TPSA) is 73.2 Å². The number of sulfonamides is 1. The second-order valence-corrected chi connectivity index (χ2v) is 6.71. The molecule has 1 saturated heterocycles. The van der Waals surface area contributed by atoms with E-state index in [0.29, 0.717) is 12.1 Å². The Morgan fingerprint density at radius 3 is 2.75 bits per heavy atom. The molecule has 2 rings (SSSR count). The van der Waals surface area contributed by atoms with Gasteiger partial charge in [-0.05, 0) is 57.1 Å². The summed E-state index contributed by atoms with van der Waals surface area (Å²) in [6.45, 7) is 3.60. The first-order valence-corrected chi connectivity index (χ1v) is 8.32. The zero-order valence-electron chi connectivity index (χ0n) is 11.4. The molecule has 0 bridgehead atoms. The van der Waals surface area contributed by atoms with Gasteiger partial charge in [-0.1, -0.05) is 6.07 Å². The molecular weight excluding hydrogens is 274 g/mol. The van der Waals surface area contributed by atoms with E-state index in [1.54, 1.807) is 12.1 Å². The van der Waals surface area contributed by atoms with E-state index in [0.717, 1.165) is 26.1 Å². The quantitative estimate of drug-likeness (QED) is 0.803. The average Bonchev–Trinajstić information content (AvgIpc) is 2.97. The second kappa shape index (κ2) is 6.84. The Morgan fingerprint density at radius 1 is 1.30 bits per heavy atom. The molecule has 1 fully saturated rings. The van der Waals surface area contributed by atoms with Crippen LogP contribution in [-0.2, 0) is 10.0 Å². The lowest BCUT2D eigenvalue weighted by Crippen LogP contribution is -2.28. The van der Waals surface area contributed by atoms with Crippen molar-refractivity contribution in [1.29, 1.82) is 5.26 Å². The molecule has 0 unspecified atom stereocenters. The number of benzene rings is 1. The molecule has 0 amide bonds. The average molecular weight is 293 g/mol. The minimum atomic E-state index is -3.51. The molecule has 6 heteroatoms. The molecule has 1 aromatic rings. The molecule has 0 radical (unpaired) electrons. The highest BCUT2D eigenvalue weighted by Crippen LogP contribution is 2.11. The molecule has 0 atom stereocenters. The summed E-state index contributed by atoms with van der Waals surface area (Å²) in [6.07, 6.45) is 3.29. The highest BCUT2D eigenvalue weighted by molar-refractivity contribution is 7.89. The molecule has 1 aliphatic rings. The third-order valence-corrected chi connectivity index (χ3v) is 4.87. The van der Waals surface area contributed by atoms with Crippen LogP contribution >= 0.6 is 0 Å². The van der Waals surface area contributed by atoms with E-state index in [4.69, 9.17) is 5.26 Å². The summed E-state index contributed by atoms with van der Waals surface area (Å²) in [5.41, 5.74) is 0.352. The Hall–Kier alpha value is -1.42. The van der Waals surface area contributed by atoms with Crippen LogP contribution in [0, 0.1) is 11.3 Å². The standard InChI is InChI=1S/C14H19N3O2S/c15-12-13-5-3-6-14(11-13)20(18,19)16-7-4-10-17-8-1-2-9-17/h3,5-6,11,16H,1-2,4,7-10H2. The minimum absolute atomic E-state index is 0.151. The van der Waals surface area contributed by atoms with Crippen molar-refractivity contribution in [1.82, 2.24) is 9.62 Å². The number of hydrogen-bond donors (Lipinski definition) is 1. The van der Waals surface area contributed by atoms with E-state index in [1.165, 1.54) is 25.0 Å². The van der Waals surface area contributed by atoms with Gasteiger partial charge >= 0.3 is 0 Å². The van der Waals surface area contributed by atoms with E-state index in [9.17, 15) is 8.42 Å². The van der Waals surface area contributed by atoms with E-state index < -0.39 is 10.0 Å². The smallest absolute Gasteiger partial charge is 0.240 e. The zero-order valence-corrected chi connectivity index (χ0v) is 12.2. The SMILES string of the molecule is N#Cc1cccc(S(=O)(=O)NCCCN2CCCC2)c1. The van der Waals surface area contributed by atoms with Crippen LogP contribution in [0.3, 0.4) is 0 Å². The van der Waals surface area contributed by atoms with Crippen molar-refractivity contribution in [3.8, 4) is 6.07 Å². The summed E-state index contributed by atoms with van der Waals surface area (Å²) >= 11 is 0. The lowest BCUT2D eigenvalue weighted by Gasteiger charge is -2.14. The van der Waals surface area contributed by atoms with Gasteiger partial charge in [-0.3, -0.25) is 0 Å². The Bertz CT molecular complexity index is 587. The van der Waals surface area contributed by atoms with Crippen LogP contribution in [0.5, 0.6) is 0 Å². The van der Waals surface area contributed by atoms with Gasteiger partial charge in [0.25, 0.3) is 0 Å². The molecule has 1 N–H and O–H groups in total. The van der Waals surface area contributed by atoms with Crippen molar-refractivity contribution in [2.75, 3.05) is 26.2 Å². The molecule has 5 nitrogen and oxygen atoms in total. The maximum atomic E-state index is 12.1. The number of likely N-dealkylation sites (tertiary alicyclic amines) is 1. The maximum Gasteiger partial charge on any atom is 0.240 e. The van der Waals surface area contributed by atoms with Crippen molar-refractivity contribution in [3.63, 3.8) is 0 Å². The molecule has 0 aromatic heterocycles. The summed E-state index contributed by atoms with van der Waals surface area (Å²) in [7, 11) is -3.51. The first-order chi connectivity index (χ1) is 9.62. The number of nitrogens with one attached hydrogen (secondary N) is 1. The molecular formula is C14H19N3O2S. The van der Waals surface area contributed by atoms with Crippen LogP contribution in [0.4, 0.5) is 0 Å². The summed E-state index contributed by atoms with van der Waals surface area (Å²) < 4.78 is 26.7. The molecule has 1 aromatic carbocycles. The van der Waals surface area contributed by atoms with Gasteiger partial charge in [0.15, 0.2) is 0 Å². The summed E-state index contributed by atoms with van der Waals surface area (Å²) in [6, 6.07) is 8.01. The van der Waals surface area contributed by atoms with Gasteiger partial charge in [0.1, 0.15) is 0 Å². The summed E-state index contributed by atoms with van der Waals surface area (Å²) in [4.78, 5) is 2.50. The van der Waals surface area contributed by atoms with Gasteiger partial charge in [0.2, 0.25) is 10.0 Å². The van der Waals surface area contributed by atoms with Crippen molar-refractivity contribution in [2.24, 2.45) is 0 Å². The van der Waals surface area contributed by atoms with Gasteiger partial charge in [0, 0.05) is 6.54 Å². The van der Waals surface area contributed by atoms with Crippen molar-refractivity contribution >= 4 is 10.0 Å². The molecule has 0 aliphatic carbocycles. The summed E-state index contributed by atoms with van der Waals surface area (Å²) in [5.74, 6) is 0. The first-order valence-electron chi connectivity index (χ1n) is 6.84. The number of nitrogens with zero attached hydrogens (tertiary/aromatic N) is 2. The van der Waals surface area contributed by atoms with Gasteiger partial charge in [-0.25, -0.2) is 13.1 Å². The Labute approximate surface area is 120 Å². The first kappa shape index (κ1) is 15.0. The molecule has 0 spiro atoms. The van der Waals surface area contributed by atoms with Gasteiger partial charge < -0.3 is 4.90 Å². The normalized spacial score (nSPS) is 16.1. The van der Waals surface area contributed by atoms with E-state index >= 15 is 0 Å². The largest absolute Gasteiger partial charge is 0.303 e. The van der Waals surface area contributed by atoms with Crippen molar-refractivity contribution in [2.45, 2.75) is 24.2 Å². The molecule has 108 valence electrons. The highest BCUT2D eigenvalue weighted by atomic mass is 32.2. The Kier molecular flexibility index (Phi) is 5.12. The van der Waals surface area contributed by atoms with Crippen LogP contribution in [-0.4, -0.2) is 39.5 Å². The minimum Gasteiger partial charge on any atom is -0.303 e. The third kappa shape index (κ3) is 4.04. The second-order valence-electron chi connectivity index (χ2n) is 4.94. The van der Waals surface area contributed by atoms with Crippen molar-refractivity contribution in [3.05, 3.63) is 29.8 Å². The van der Waals surface area contributed by atoms with Crippen LogP contribution in [0.25, 0.3) is 0 Å². The van der Waals surface area contributed by atoms with Gasteiger partial charge in [-0.2, -0.15) is 5.26 Å². The molecule has 1 heterocycles. The Balaban J connectivity index is 1.85. The van der Waals surface area contributed by atoms with E-state index in [-0.39, 0.29) is 4.90 Å². The van der Waals surface area contributed by atoms with Crippen LogP contribution < -0.4 is 4.72 Å².